The highest BCUT2D eigenvalue weighted by atomic mass is 35.5. The normalized spacial score (nSPS) is 22.8. The average molecular weight is 370 g/mol. The van der Waals surface area contributed by atoms with E-state index in [0.717, 1.165) is 0 Å². The molecule has 2 N–H and O–H groups in total. The molecule has 2 saturated heterocycles. The Kier molecular flexibility index (Phi) is 5.84. The predicted octanol–water partition coefficient (Wildman–Crippen LogP) is 0.0357. The Hall–Kier alpha value is -1.93. The smallest absolute Gasteiger partial charge is 0.252 e. The van der Waals surface area contributed by atoms with Crippen LogP contribution in [0.4, 0.5) is 0 Å². The molecule has 0 bridgehead atoms. The van der Waals surface area contributed by atoms with E-state index in [1.165, 1.54) is 4.90 Å². The molecule has 25 heavy (non-hydrogen) atoms. The van der Waals surface area contributed by atoms with E-state index in [4.69, 9.17) is 0 Å². The number of halogens is 1. The maximum atomic E-state index is 13.0. The zero-order chi connectivity index (χ0) is 17.3. The Morgan fingerprint density at radius 2 is 2.04 bits per heavy atom. The summed E-state index contributed by atoms with van der Waals surface area (Å²) in [7, 11) is 0. The number of hydrogen-bond acceptors (Lipinski definition) is 5. The molecule has 2 aliphatic rings. The lowest BCUT2D eigenvalue weighted by Gasteiger charge is -2.37. The van der Waals surface area contributed by atoms with Crippen molar-refractivity contribution in [2.75, 3.05) is 13.1 Å². The number of rotatable bonds is 4. The fourth-order valence-corrected chi connectivity index (χ4v) is 3.52. The summed E-state index contributed by atoms with van der Waals surface area (Å²) in [5.74, 6) is -0.809. The van der Waals surface area contributed by atoms with Gasteiger partial charge in [-0.05, 0) is 45.8 Å². The maximum Gasteiger partial charge on any atom is 0.252 e. The number of imide groups is 1. The zero-order valence-corrected chi connectivity index (χ0v) is 15.2. The Morgan fingerprint density at radius 1 is 1.36 bits per heavy atom. The second-order valence-corrected chi connectivity index (χ2v) is 6.66. The van der Waals surface area contributed by atoms with Crippen LogP contribution in [-0.4, -0.2) is 57.6 Å². The number of hydrogen-bond donors (Lipinski definition) is 2. The minimum absolute atomic E-state index is 0. The van der Waals surface area contributed by atoms with Gasteiger partial charge in [-0.25, -0.2) is 0 Å². The van der Waals surface area contributed by atoms with Crippen LogP contribution in [0.1, 0.15) is 33.1 Å². The van der Waals surface area contributed by atoms with Gasteiger partial charge in [0.15, 0.2) is 0 Å². The van der Waals surface area contributed by atoms with Gasteiger partial charge >= 0.3 is 0 Å². The van der Waals surface area contributed by atoms with Crippen molar-refractivity contribution in [3.05, 3.63) is 18.5 Å². The third kappa shape index (κ3) is 3.41. The molecule has 1 unspecified atom stereocenters. The molecular formula is C16H24ClN5O3. The summed E-state index contributed by atoms with van der Waals surface area (Å²) < 4.78 is 1.67. The summed E-state index contributed by atoms with van der Waals surface area (Å²) in [5.41, 5.74) is -0.816. The SMILES string of the molecule is CC(C)N1C(=O)CC(NC(=O)C2(n3cccn3)CCNCC2)C1=O.Cl. The second-order valence-electron chi connectivity index (χ2n) is 6.66. The number of carbonyl (C=O) groups is 3. The molecule has 2 fully saturated rings. The Morgan fingerprint density at radius 3 is 2.56 bits per heavy atom. The largest absolute Gasteiger partial charge is 0.342 e. The van der Waals surface area contributed by atoms with Crippen molar-refractivity contribution >= 4 is 30.1 Å². The molecule has 2 aliphatic heterocycles. The van der Waals surface area contributed by atoms with Gasteiger partial charge in [0, 0.05) is 18.4 Å². The van der Waals surface area contributed by atoms with Crippen LogP contribution in [-0.2, 0) is 19.9 Å². The van der Waals surface area contributed by atoms with E-state index in [2.05, 4.69) is 15.7 Å². The average Bonchev–Trinajstić information content (AvgIpc) is 3.17. The fraction of sp³-hybridized carbons (Fsp3) is 0.625. The van der Waals surface area contributed by atoms with Gasteiger partial charge in [-0.3, -0.25) is 24.0 Å². The quantitative estimate of drug-likeness (QED) is 0.730. The van der Waals surface area contributed by atoms with Gasteiger partial charge in [-0.1, -0.05) is 0 Å². The molecule has 3 heterocycles. The van der Waals surface area contributed by atoms with E-state index in [0.29, 0.717) is 25.9 Å². The topological polar surface area (TPSA) is 96.3 Å². The highest BCUT2D eigenvalue weighted by molar-refractivity contribution is 6.07. The van der Waals surface area contributed by atoms with E-state index in [1.54, 1.807) is 37.0 Å². The second kappa shape index (κ2) is 7.53. The molecule has 9 heteroatoms. The lowest BCUT2D eigenvalue weighted by molar-refractivity contribution is -0.142. The number of carbonyl (C=O) groups excluding carboxylic acids is 3. The molecule has 138 valence electrons. The van der Waals surface area contributed by atoms with Crippen molar-refractivity contribution in [2.24, 2.45) is 0 Å². The molecule has 1 aromatic heterocycles. The number of piperidine rings is 1. The first-order valence-corrected chi connectivity index (χ1v) is 8.33. The Bertz CT molecular complexity index is 640. The van der Waals surface area contributed by atoms with Crippen LogP contribution < -0.4 is 10.6 Å². The maximum absolute atomic E-state index is 13.0. The van der Waals surface area contributed by atoms with E-state index >= 15 is 0 Å². The molecule has 1 aromatic rings. The van der Waals surface area contributed by atoms with Crippen LogP contribution in [0.15, 0.2) is 18.5 Å². The van der Waals surface area contributed by atoms with Crippen LogP contribution in [0.2, 0.25) is 0 Å². The molecule has 0 saturated carbocycles. The molecule has 0 spiro atoms. The lowest BCUT2D eigenvalue weighted by Crippen LogP contribution is -2.57. The molecule has 0 radical (unpaired) electrons. The van der Waals surface area contributed by atoms with Crippen molar-refractivity contribution in [2.45, 2.75) is 50.7 Å². The molecule has 3 rings (SSSR count). The van der Waals surface area contributed by atoms with E-state index < -0.39 is 11.6 Å². The lowest BCUT2D eigenvalue weighted by atomic mass is 9.87. The number of amides is 3. The van der Waals surface area contributed by atoms with E-state index in [-0.39, 0.29) is 42.6 Å². The van der Waals surface area contributed by atoms with Crippen molar-refractivity contribution in [3.63, 3.8) is 0 Å². The summed E-state index contributed by atoms with van der Waals surface area (Å²) in [6.07, 6.45) is 4.61. The highest BCUT2D eigenvalue weighted by Crippen LogP contribution is 2.28. The fourth-order valence-electron chi connectivity index (χ4n) is 3.52. The number of nitrogens with one attached hydrogen (secondary N) is 2. The number of likely N-dealkylation sites (tertiary alicyclic amines) is 1. The highest BCUT2D eigenvalue weighted by Gasteiger charge is 2.46. The first-order valence-electron chi connectivity index (χ1n) is 8.33. The molecule has 3 amide bonds. The van der Waals surface area contributed by atoms with Gasteiger partial charge < -0.3 is 10.6 Å². The van der Waals surface area contributed by atoms with Gasteiger partial charge in [0.25, 0.3) is 5.91 Å². The van der Waals surface area contributed by atoms with Crippen LogP contribution >= 0.6 is 12.4 Å². The van der Waals surface area contributed by atoms with Crippen LogP contribution in [0.5, 0.6) is 0 Å². The number of nitrogens with zero attached hydrogens (tertiary/aromatic N) is 3. The van der Waals surface area contributed by atoms with E-state index in [1.807, 2.05) is 0 Å². The summed E-state index contributed by atoms with van der Waals surface area (Å²) in [6, 6.07) is 0.794. The van der Waals surface area contributed by atoms with Gasteiger partial charge in [-0.15, -0.1) is 12.4 Å². The van der Waals surface area contributed by atoms with Crippen molar-refractivity contribution in [1.29, 1.82) is 0 Å². The van der Waals surface area contributed by atoms with Crippen molar-refractivity contribution in [3.8, 4) is 0 Å². The summed E-state index contributed by atoms with van der Waals surface area (Å²) in [4.78, 5) is 38.7. The Balaban J connectivity index is 0.00000225. The van der Waals surface area contributed by atoms with Crippen LogP contribution in [0.3, 0.4) is 0 Å². The minimum atomic E-state index is -0.816. The van der Waals surface area contributed by atoms with Crippen molar-refractivity contribution < 1.29 is 14.4 Å². The first-order chi connectivity index (χ1) is 11.5. The van der Waals surface area contributed by atoms with E-state index in [9.17, 15) is 14.4 Å². The van der Waals surface area contributed by atoms with Gasteiger partial charge in [-0.2, -0.15) is 5.10 Å². The van der Waals surface area contributed by atoms with Gasteiger partial charge in [0.2, 0.25) is 11.8 Å². The number of aromatic nitrogens is 2. The van der Waals surface area contributed by atoms with Crippen LogP contribution in [0.25, 0.3) is 0 Å². The van der Waals surface area contributed by atoms with Gasteiger partial charge in [0.1, 0.15) is 11.6 Å². The summed E-state index contributed by atoms with van der Waals surface area (Å²) >= 11 is 0. The predicted molar refractivity (Wildman–Crippen MR) is 93.1 cm³/mol. The molecule has 0 aromatic carbocycles. The molecule has 8 nitrogen and oxygen atoms in total. The minimum Gasteiger partial charge on any atom is -0.342 e. The zero-order valence-electron chi connectivity index (χ0n) is 14.4. The molecular weight excluding hydrogens is 346 g/mol. The molecule has 1 atom stereocenters. The third-order valence-electron chi connectivity index (χ3n) is 4.80. The van der Waals surface area contributed by atoms with Gasteiger partial charge in [0.05, 0.1) is 6.42 Å². The monoisotopic (exact) mass is 369 g/mol. The molecule has 0 aliphatic carbocycles. The standard InChI is InChI=1S/C16H23N5O3.ClH/c1-11(2)21-13(22)10-12(14(21)23)19-15(24)16(4-7-17-8-5-16)20-9-3-6-18-20;/h3,6,9,11-12,17H,4-5,7-8,10H2,1-2H3,(H,19,24);1H. The summed E-state index contributed by atoms with van der Waals surface area (Å²) in [6.45, 7) is 4.97. The summed E-state index contributed by atoms with van der Waals surface area (Å²) in [5, 5.41) is 10.3. The van der Waals surface area contributed by atoms with Crippen molar-refractivity contribution in [1.82, 2.24) is 25.3 Å². The van der Waals surface area contributed by atoms with Crippen LogP contribution in [0, 0.1) is 0 Å². The third-order valence-corrected chi connectivity index (χ3v) is 4.80. The first kappa shape index (κ1) is 19.4. The Labute approximate surface area is 152 Å².